The standard InChI is InChI=1S/C33H22ClN3O2S/c34-25-16-18-27(19-17-25)36-29(22-10-4-1-5-11-22)21-24(30(36)23-12-6-2-7-13-23)20-28-31(38)35-33(40)37(32(28)39)26-14-8-3-9-15-26/h1-21H,(H,35,38,40)/b28-20+. The predicted octanol–water partition coefficient (Wildman–Crippen LogP) is 7.30. The molecule has 40 heavy (non-hydrogen) atoms. The number of carbonyl (C=O) groups excluding carboxylic acids is 2. The summed E-state index contributed by atoms with van der Waals surface area (Å²) in [4.78, 5) is 28.3. The van der Waals surface area contributed by atoms with E-state index >= 15 is 0 Å². The van der Waals surface area contributed by atoms with Crippen molar-refractivity contribution < 1.29 is 9.59 Å². The number of nitrogens with zero attached hydrogens (tertiary/aromatic N) is 2. The number of amides is 2. The fourth-order valence-corrected chi connectivity index (χ4v) is 5.24. The second-order valence-electron chi connectivity index (χ2n) is 9.17. The molecule has 6 rings (SSSR count). The Balaban J connectivity index is 1.60. The fourth-order valence-electron chi connectivity index (χ4n) is 4.84. The normalized spacial score (nSPS) is 14.5. The van der Waals surface area contributed by atoms with Gasteiger partial charge < -0.3 is 4.57 Å². The lowest BCUT2D eigenvalue weighted by Crippen LogP contribution is -2.54. The molecule has 0 radical (unpaired) electrons. The Morgan fingerprint density at radius 3 is 1.90 bits per heavy atom. The van der Waals surface area contributed by atoms with Gasteiger partial charge in [-0.15, -0.1) is 0 Å². The zero-order valence-corrected chi connectivity index (χ0v) is 22.7. The molecule has 0 saturated carbocycles. The minimum absolute atomic E-state index is 0.0116. The lowest BCUT2D eigenvalue weighted by molar-refractivity contribution is -0.122. The van der Waals surface area contributed by atoms with Crippen molar-refractivity contribution in [3.05, 3.63) is 137 Å². The SMILES string of the molecule is O=C1NC(=S)N(c2ccccc2)C(=O)/C1=C/c1cc(-c2ccccc2)n(-c2ccc(Cl)cc2)c1-c1ccccc1. The number of thiocarbonyl (C=S) groups is 1. The molecule has 0 aliphatic carbocycles. The van der Waals surface area contributed by atoms with Gasteiger partial charge in [0.15, 0.2) is 5.11 Å². The van der Waals surface area contributed by atoms with Crippen LogP contribution in [-0.2, 0) is 9.59 Å². The molecule has 2 heterocycles. The number of carbonyl (C=O) groups is 2. The van der Waals surface area contributed by atoms with Crippen LogP contribution < -0.4 is 10.2 Å². The molecular weight excluding hydrogens is 538 g/mol. The summed E-state index contributed by atoms with van der Waals surface area (Å²) in [5, 5.41) is 3.36. The Kier molecular flexibility index (Phi) is 6.86. The van der Waals surface area contributed by atoms with Crippen molar-refractivity contribution in [1.29, 1.82) is 0 Å². The number of benzene rings is 4. The average molecular weight is 560 g/mol. The summed E-state index contributed by atoms with van der Waals surface area (Å²) in [7, 11) is 0. The first-order valence-corrected chi connectivity index (χ1v) is 13.4. The Morgan fingerprint density at radius 1 is 0.700 bits per heavy atom. The number of halogens is 1. The van der Waals surface area contributed by atoms with Crippen LogP contribution in [0.5, 0.6) is 0 Å². The summed E-state index contributed by atoms with van der Waals surface area (Å²) in [6.45, 7) is 0. The molecule has 194 valence electrons. The molecule has 4 aromatic carbocycles. The molecule has 5 nitrogen and oxygen atoms in total. The van der Waals surface area contributed by atoms with E-state index in [-0.39, 0.29) is 10.7 Å². The van der Waals surface area contributed by atoms with E-state index in [4.69, 9.17) is 23.8 Å². The van der Waals surface area contributed by atoms with Crippen LogP contribution >= 0.6 is 23.8 Å². The van der Waals surface area contributed by atoms with E-state index in [0.29, 0.717) is 16.3 Å². The van der Waals surface area contributed by atoms with Crippen molar-refractivity contribution in [2.75, 3.05) is 4.90 Å². The first-order chi connectivity index (χ1) is 19.5. The first kappa shape index (κ1) is 25.5. The molecule has 1 aliphatic heterocycles. The van der Waals surface area contributed by atoms with Gasteiger partial charge >= 0.3 is 0 Å². The molecule has 1 saturated heterocycles. The third-order valence-electron chi connectivity index (χ3n) is 6.65. The summed E-state index contributed by atoms with van der Waals surface area (Å²) in [5.41, 5.74) is 5.79. The highest BCUT2D eigenvalue weighted by molar-refractivity contribution is 7.80. The molecule has 0 bridgehead atoms. The first-order valence-electron chi connectivity index (χ1n) is 12.6. The number of nitrogens with one attached hydrogen (secondary N) is 1. The smallest absolute Gasteiger partial charge is 0.270 e. The molecule has 1 N–H and O–H groups in total. The van der Waals surface area contributed by atoms with E-state index < -0.39 is 11.8 Å². The highest BCUT2D eigenvalue weighted by atomic mass is 35.5. The highest BCUT2D eigenvalue weighted by Crippen LogP contribution is 2.38. The van der Waals surface area contributed by atoms with Crippen LogP contribution in [0.15, 0.2) is 127 Å². The largest absolute Gasteiger partial charge is 0.309 e. The summed E-state index contributed by atoms with van der Waals surface area (Å²) < 4.78 is 2.12. The second-order valence-corrected chi connectivity index (χ2v) is 9.99. The van der Waals surface area contributed by atoms with Gasteiger partial charge in [0.1, 0.15) is 5.57 Å². The molecule has 1 aliphatic rings. The quantitative estimate of drug-likeness (QED) is 0.140. The minimum atomic E-state index is -0.540. The van der Waals surface area contributed by atoms with Crippen LogP contribution in [0, 0.1) is 0 Å². The maximum absolute atomic E-state index is 13.8. The van der Waals surface area contributed by atoms with Gasteiger partial charge in [-0.3, -0.25) is 19.8 Å². The van der Waals surface area contributed by atoms with E-state index in [1.807, 2.05) is 109 Å². The van der Waals surface area contributed by atoms with Gasteiger partial charge in [0.25, 0.3) is 11.8 Å². The summed E-state index contributed by atoms with van der Waals surface area (Å²) in [6.07, 6.45) is 1.65. The van der Waals surface area contributed by atoms with Crippen molar-refractivity contribution in [3.8, 4) is 28.2 Å². The van der Waals surface area contributed by atoms with E-state index in [1.54, 1.807) is 18.2 Å². The lowest BCUT2D eigenvalue weighted by Gasteiger charge is -2.28. The van der Waals surface area contributed by atoms with Crippen molar-refractivity contribution in [3.63, 3.8) is 0 Å². The van der Waals surface area contributed by atoms with Crippen molar-refractivity contribution >= 4 is 52.5 Å². The van der Waals surface area contributed by atoms with Crippen molar-refractivity contribution in [2.45, 2.75) is 0 Å². The Morgan fingerprint density at radius 2 is 1.27 bits per heavy atom. The van der Waals surface area contributed by atoms with Gasteiger partial charge in [0, 0.05) is 16.3 Å². The molecular formula is C33H22ClN3O2S. The average Bonchev–Trinajstić information content (AvgIpc) is 3.36. The Labute approximate surface area is 242 Å². The van der Waals surface area contributed by atoms with Gasteiger partial charge in [0.05, 0.1) is 17.1 Å². The predicted molar refractivity (Wildman–Crippen MR) is 164 cm³/mol. The number of anilines is 1. The van der Waals surface area contributed by atoms with Crippen molar-refractivity contribution in [1.82, 2.24) is 9.88 Å². The molecule has 0 spiro atoms. The molecule has 7 heteroatoms. The van der Waals surface area contributed by atoms with Gasteiger partial charge in [-0.05, 0) is 71.9 Å². The van der Waals surface area contributed by atoms with E-state index in [9.17, 15) is 9.59 Å². The topological polar surface area (TPSA) is 54.3 Å². The maximum Gasteiger partial charge on any atom is 0.270 e. The molecule has 5 aromatic rings. The third kappa shape index (κ3) is 4.75. The van der Waals surface area contributed by atoms with Crippen LogP contribution in [0.4, 0.5) is 5.69 Å². The summed E-state index contributed by atoms with van der Waals surface area (Å²) in [6, 6.07) is 38.5. The van der Waals surface area contributed by atoms with E-state index in [2.05, 4.69) is 9.88 Å². The van der Waals surface area contributed by atoms with Gasteiger partial charge in [0.2, 0.25) is 0 Å². The molecule has 2 amide bonds. The minimum Gasteiger partial charge on any atom is -0.309 e. The van der Waals surface area contributed by atoms with E-state index in [0.717, 1.165) is 28.2 Å². The van der Waals surface area contributed by atoms with E-state index in [1.165, 1.54) is 4.90 Å². The van der Waals surface area contributed by atoms with Gasteiger partial charge in [-0.1, -0.05) is 90.5 Å². The number of hydrogen-bond donors (Lipinski definition) is 1. The fraction of sp³-hybridized carbons (Fsp3) is 0. The number of rotatable bonds is 5. The molecule has 0 unspecified atom stereocenters. The zero-order valence-electron chi connectivity index (χ0n) is 21.1. The molecule has 0 atom stereocenters. The second kappa shape index (κ2) is 10.8. The van der Waals surface area contributed by atoms with Crippen LogP contribution in [0.3, 0.4) is 0 Å². The van der Waals surface area contributed by atoms with Crippen molar-refractivity contribution in [2.24, 2.45) is 0 Å². The molecule has 1 aromatic heterocycles. The zero-order chi connectivity index (χ0) is 27.6. The van der Waals surface area contributed by atoms with Crippen LogP contribution in [0.25, 0.3) is 34.3 Å². The Hall–Kier alpha value is -4.78. The summed E-state index contributed by atoms with van der Waals surface area (Å²) >= 11 is 11.6. The Bertz CT molecular complexity index is 1760. The number of aromatic nitrogens is 1. The molecule has 1 fully saturated rings. The lowest BCUT2D eigenvalue weighted by atomic mass is 10.0. The highest BCUT2D eigenvalue weighted by Gasteiger charge is 2.35. The van der Waals surface area contributed by atoms with Gasteiger partial charge in [-0.2, -0.15) is 0 Å². The van der Waals surface area contributed by atoms with Gasteiger partial charge in [-0.25, -0.2) is 0 Å². The monoisotopic (exact) mass is 559 g/mol. The van der Waals surface area contributed by atoms with Crippen LogP contribution in [0.1, 0.15) is 5.56 Å². The van der Waals surface area contributed by atoms with Crippen LogP contribution in [-0.4, -0.2) is 21.5 Å². The maximum atomic E-state index is 13.8. The number of para-hydroxylation sites is 1. The van der Waals surface area contributed by atoms with Crippen LogP contribution in [0.2, 0.25) is 5.02 Å². The number of hydrogen-bond acceptors (Lipinski definition) is 3. The third-order valence-corrected chi connectivity index (χ3v) is 7.18. The summed E-state index contributed by atoms with van der Waals surface area (Å²) in [5.74, 6) is -1.03.